The summed E-state index contributed by atoms with van der Waals surface area (Å²) in [6.07, 6.45) is 10.9. The molecule has 1 heterocycles. The summed E-state index contributed by atoms with van der Waals surface area (Å²) in [6, 6.07) is 0.370. The summed E-state index contributed by atoms with van der Waals surface area (Å²) in [5.74, 6) is 0.501. The van der Waals surface area contributed by atoms with Gasteiger partial charge in [-0.05, 0) is 25.3 Å². The third kappa shape index (κ3) is 5.19. The monoisotopic (exact) mass is 279 g/mol. The van der Waals surface area contributed by atoms with Crippen LogP contribution in [0.15, 0.2) is 17.6 Å². The molecule has 1 aliphatic carbocycles. The smallest absolute Gasteiger partial charge is 0.230 e. The number of amides is 1. The van der Waals surface area contributed by atoms with E-state index in [0.717, 1.165) is 18.4 Å². The van der Waals surface area contributed by atoms with Crippen molar-refractivity contribution >= 4 is 17.7 Å². The third-order valence-electron chi connectivity index (χ3n) is 3.31. The van der Waals surface area contributed by atoms with Crippen molar-refractivity contribution in [1.82, 2.24) is 15.3 Å². The molecule has 0 bridgehead atoms. The lowest BCUT2D eigenvalue weighted by molar-refractivity contribution is -0.119. The van der Waals surface area contributed by atoms with Gasteiger partial charge in [0.15, 0.2) is 5.16 Å². The van der Waals surface area contributed by atoms with E-state index < -0.39 is 0 Å². The summed E-state index contributed by atoms with van der Waals surface area (Å²) in [5.41, 5.74) is 1.03. The van der Waals surface area contributed by atoms with Gasteiger partial charge in [-0.15, -0.1) is 0 Å². The van der Waals surface area contributed by atoms with E-state index in [1.165, 1.54) is 37.4 Å². The van der Waals surface area contributed by atoms with Gasteiger partial charge >= 0.3 is 0 Å². The van der Waals surface area contributed by atoms with Crippen molar-refractivity contribution in [2.24, 2.45) is 0 Å². The molecule has 1 aliphatic rings. The van der Waals surface area contributed by atoms with Gasteiger partial charge in [0.05, 0.1) is 5.75 Å². The number of carbonyl (C=O) groups excluding carboxylic acids is 1. The Morgan fingerprint density at radius 2 is 1.89 bits per heavy atom. The van der Waals surface area contributed by atoms with Crippen LogP contribution >= 0.6 is 11.8 Å². The van der Waals surface area contributed by atoms with Crippen molar-refractivity contribution in [3.63, 3.8) is 0 Å². The highest BCUT2D eigenvalue weighted by Gasteiger charge is 2.14. The minimum absolute atomic E-state index is 0.0982. The van der Waals surface area contributed by atoms with Gasteiger partial charge in [0, 0.05) is 18.4 Å². The number of hydrogen-bond donors (Lipinski definition) is 1. The average Bonchev–Trinajstić information content (AvgIpc) is 2.67. The summed E-state index contributed by atoms with van der Waals surface area (Å²) < 4.78 is 0. The molecule has 1 N–H and O–H groups in total. The Hall–Kier alpha value is -1.10. The van der Waals surface area contributed by atoms with E-state index in [1.54, 1.807) is 12.4 Å². The minimum Gasteiger partial charge on any atom is -0.353 e. The number of nitrogens with one attached hydrogen (secondary N) is 1. The highest BCUT2D eigenvalue weighted by molar-refractivity contribution is 7.99. The van der Waals surface area contributed by atoms with Gasteiger partial charge in [0.1, 0.15) is 0 Å². The van der Waals surface area contributed by atoms with E-state index in [-0.39, 0.29) is 5.91 Å². The van der Waals surface area contributed by atoms with Crippen molar-refractivity contribution in [3.8, 4) is 0 Å². The zero-order chi connectivity index (χ0) is 13.5. The largest absolute Gasteiger partial charge is 0.353 e. The Bertz CT molecular complexity index is 400. The van der Waals surface area contributed by atoms with E-state index in [9.17, 15) is 4.79 Å². The first-order chi connectivity index (χ1) is 9.24. The Kier molecular flexibility index (Phi) is 5.63. The first-order valence-corrected chi connectivity index (χ1v) is 7.93. The molecule has 0 atom stereocenters. The van der Waals surface area contributed by atoms with E-state index in [1.807, 2.05) is 6.92 Å². The maximum absolute atomic E-state index is 11.9. The molecule has 5 heteroatoms. The number of aromatic nitrogens is 2. The number of rotatable bonds is 4. The molecule has 0 aromatic carbocycles. The summed E-state index contributed by atoms with van der Waals surface area (Å²) >= 11 is 1.40. The highest BCUT2D eigenvalue weighted by atomic mass is 32.2. The SMILES string of the molecule is Cc1cnc(SCC(=O)NC2CCCCCC2)nc1. The lowest BCUT2D eigenvalue weighted by atomic mass is 10.1. The Labute approximate surface area is 118 Å². The van der Waals surface area contributed by atoms with Gasteiger partial charge in [-0.2, -0.15) is 0 Å². The molecule has 1 aromatic rings. The van der Waals surface area contributed by atoms with Crippen LogP contribution in [0.2, 0.25) is 0 Å². The van der Waals surface area contributed by atoms with Gasteiger partial charge in [-0.1, -0.05) is 37.4 Å². The maximum Gasteiger partial charge on any atom is 0.230 e. The molecule has 104 valence electrons. The highest BCUT2D eigenvalue weighted by Crippen LogP contribution is 2.18. The van der Waals surface area contributed by atoms with E-state index >= 15 is 0 Å². The fourth-order valence-corrected chi connectivity index (χ4v) is 2.88. The molecule has 1 saturated carbocycles. The average molecular weight is 279 g/mol. The molecule has 1 amide bonds. The normalized spacial score (nSPS) is 16.9. The summed E-state index contributed by atoms with van der Waals surface area (Å²) in [6.45, 7) is 1.95. The summed E-state index contributed by atoms with van der Waals surface area (Å²) in [5, 5.41) is 3.79. The number of aryl methyl sites for hydroxylation is 1. The number of hydrogen-bond acceptors (Lipinski definition) is 4. The van der Waals surface area contributed by atoms with Crippen LogP contribution in [0.5, 0.6) is 0 Å². The summed E-state index contributed by atoms with van der Waals surface area (Å²) in [7, 11) is 0. The van der Waals surface area contributed by atoms with Crippen LogP contribution in [-0.4, -0.2) is 27.7 Å². The fourth-order valence-electron chi connectivity index (χ4n) is 2.28. The molecule has 19 heavy (non-hydrogen) atoms. The molecule has 1 aromatic heterocycles. The molecule has 0 spiro atoms. The zero-order valence-electron chi connectivity index (χ0n) is 11.4. The second-order valence-electron chi connectivity index (χ2n) is 5.09. The topological polar surface area (TPSA) is 54.9 Å². The fraction of sp³-hybridized carbons (Fsp3) is 0.643. The third-order valence-corrected chi connectivity index (χ3v) is 4.19. The lowest BCUT2D eigenvalue weighted by Gasteiger charge is -2.15. The van der Waals surface area contributed by atoms with Crippen LogP contribution in [0.1, 0.15) is 44.1 Å². The second-order valence-corrected chi connectivity index (χ2v) is 6.03. The minimum atomic E-state index is 0.0982. The molecule has 0 saturated heterocycles. The van der Waals surface area contributed by atoms with Gasteiger partial charge in [0.25, 0.3) is 0 Å². The van der Waals surface area contributed by atoms with Gasteiger partial charge in [0.2, 0.25) is 5.91 Å². The molecule has 4 nitrogen and oxygen atoms in total. The van der Waals surface area contributed by atoms with Crippen molar-refractivity contribution in [2.75, 3.05) is 5.75 Å². The predicted molar refractivity (Wildman–Crippen MR) is 77.1 cm³/mol. The van der Waals surface area contributed by atoms with E-state index in [0.29, 0.717) is 17.0 Å². The van der Waals surface area contributed by atoms with Crippen molar-refractivity contribution < 1.29 is 4.79 Å². The standard InChI is InChI=1S/C14H21N3OS/c1-11-8-15-14(16-9-11)19-10-13(18)17-12-6-4-2-3-5-7-12/h8-9,12H,2-7,10H2,1H3,(H,17,18). The first kappa shape index (κ1) is 14.3. The van der Waals surface area contributed by atoms with Crippen molar-refractivity contribution in [3.05, 3.63) is 18.0 Å². The lowest BCUT2D eigenvalue weighted by Crippen LogP contribution is -2.35. The molecular weight excluding hydrogens is 258 g/mol. The van der Waals surface area contributed by atoms with Crippen molar-refractivity contribution in [1.29, 1.82) is 0 Å². The van der Waals surface area contributed by atoms with Gasteiger partial charge in [-0.3, -0.25) is 4.79 Å². The van der Waals surface area contributed by atoms with Crippen molar-refractivity contribution in [2.45, 2.75) is 56.6 Å². The van der Waals surface area contributed by atoms with Crippen LogP contribution in [0.25, 0.3) is 0 Å². The first-order valence-electron chi connectivity index (χ1n) is 6.95. The van der Waals surface area contributed by atoms with Gasteiger partial charge in [-0.25, -0.2) is 9.97 Å². The molecule has 0 radical (unpaired) electrons. The van der Waals surface area contributed by atoms with E-state index in [4.69, 9.17) is 0 Å². The van der Waals surface area contributed by atoms with Crippen LogP contribution in [0.3, 0.4) is 0 Å². The number of nitrogens with zero attached hydrogens (tertiary/aromatic N) is 2. The molecule has 0 unspecified atom stereocenters. The Balaban J connectivity index is 1.73. The molecule has 2 rings (SSSR count). The number of thioether (sulfide) groups is 1. The van der Waals surface area contributed by atoms with Crippen LogP contribution in [0.4, 0.5) is 0 Å². The van der Waals surface area contributed by atoms with Crippen LogP contribution < -0.4 is 5.32 Å². The van der Waals surface area contributed by atoms with E-state index in [2.05, 4.69) is 15.3 Å². The summed E-state index contributed by atoms with van der Waals surface area (Å²) in [4.78, 5) is 20.2. The Morgan fingerprint density at radius 1 is 1.26 bits per heavy atom. The van der Waals surface area contributed by atoms with Crippen LogP contribution in [0, 0.1) is 6.92 Å². The molecule has 0 aliphatic heterocycles. The van der Waals surface area contributed by atoms with Gasteiger partial charge < -0.3 is 5.32 Å². The predicted octanol–water partition coefficient (Wildman–Crippen LogP) is 2.72. The molecular formula is C14H21N3OS. The van der Waals surface area contributed by atoms with Crippen LogP contribution in [-0.2, 0) is 4.79 Å². The number of carbonyl (C=O) groups is 1. The molecule has 1 fully saturated rings. The maximum atomic E-state index is 11.9. The zero-order valence-corrected chi connectivity index (χ0v) is 12.2. The second kappa shape index (κ2) is 7.48. The Morgan fingerprint density at radius 3 is 2.53 bits per heavy atom. The quantitative estimate of drug-likeness (QED) is 0.523.